The van der Waals surface area contributed by atoms with Gasteiger partial charge in [-0.25, -0.2) is 4.98 Å². The van der Waals surface area contributed by atoms with E-state index in [4.69, 9.17) is 0 Å². The number of aliphatic imine (C=N–C) groups is 1. The Hall–Kier alpha value is -1.68. The van der Waals surface area contributed by atoms with Crippen LogP contribution >= 0.6 is 35.3 Å². The summed E-state index contributed by atoms with van der Waals surface area (Å²) in [4.78, 5) is 24.3. The first-order chi connectivity index (χ1) is 13.1. The minimum absolute atomic E-state index is 0. The maximum Gasteiger partial charge on any atom is 0.223 e. The highest BCUT2D eigenvalue weighted by Crippen LogP contribution is 2.22. The second-order valence-electron chi connectivity index (χ2n) is 6.72. The molecule has 0 spiro atoms. The summed E-state index contributed by atoms with van der Waals surface area (Å²) in [5.74, 6) is 0.966. The number of carbonyl (C=O) groups is 1. The van der Waals surface area contributed by atoms with Crippen molar-refractivity contribution in [1.29, 1.82) is 0 Å². The molecular weight excluding hydrogens is 485 g/mol. The summed E-state index contributed by atoms with van der Waals surface area (Å²) in [6.07, 6.45) is 1.33. The molecule has 2 heterocycles. The minimum Gasteiger partial charge on any atom is -0.356 e. The Morgan fingerprint density at radius 3 is 2.46 bits per heavy atom. The third-order valence-electron chi connectivity index (χ3n) is 4.69. The number of guanidine groups is 1. The van der Waals surface area contributed by atoms with Crippen LogP contribution in [0.5, 0.6) is 0 Å². The summed E-state index contributed by atoms with van der Waals surface area (Å²) in [7, 11) is 1.76. The number of thiazole rings is 1. The molecule has 1 aromatic carbocycles. The largest absolute Gasteiger partial charge is 0.356 e. The molecule has 2 N–H and O–H groups in total. The third-order valence-corrected chi connectivity index (χ3v) is 5.77. The number of hydrogen-bond donors (Lipinski definition) is 2. The molecule has 0 radical (unpaired) electrons. The molecule has 28 heavy (non-hydrogen) atoms. The molecule has 1 amide bonds. The summed E-state index contributed by atoms with van der Waals surface area (Å²) in [5.41, 5.74) is 3.60. The van der Waals surface area contributed by atoms with Crippen LogP contribution in [0, 0.1) is 13.8 Å². The van der Waals surface area contributed by atoms with Crippen molar-refractivity contribution in [2.24, 2.45) is 4.99 Å². The number of nitrogens with one attached hydrogen (secondary N) is 2. The maximum absolute atomic E-state index is 12.4. The number of halogens is 1. The number of hydrogen-bond acceptors (Lipinski definition) is 4. The second kappa shape index (κ2) is 10.8. The molecule has 0 fully saturated rings. The van der Waals surface area contributed by atoms with Gasteiger partial charge in [-0.15, -0.1) is 35.3 Å². The Morgan fingerprint density at radius 1 is 1.21 bits per heavy atom. The molecule has 0 bridgehead atoms. The monoisotopic (exact) mass is 513 g/mol. The average Bonchev–Trinajstić information content (AvgIpc) is 3.23. The second-order valence-corrected chi connectivity index (χ2v) is 8.00. The number of aryl methyl sites for hydroxylation is 2. The van der Waals surface area contributed by atoms with Gasteiger partial charge in [-0.1, -0.05) is 24.3 Å². The van der Waals surface area contributed by atoms with Gasteiger partial charge in [-0.3, -0.25) is 9.79 Å². The number of rotatable bonds is 6. The van der Waals surface area contributed by atoms with E-state index in [0.717, 1.165) is 36.2 Å². The van der Waals surface area contributed by atoms with E-state index >= 15 is 0 Å². The molecule has 0 aliphatic carbocycles. The third kappa shape index (κ3) is 5.91. The first-order valence-electron chi connectivity index (χ1n) is 9.29. The van der Waals surface area contributed by atoms with Crippen LogP contribution in [0.15, 0.2) is 29.3 Å². The number of fused-ring (bicyclic) bond motifs is 1. The van der Waals surface area contributed by atoms with Crippen molar-refractivity contribution in [3.8, 4) is 0 Å². The topological polar surface area (TPSA) is 69.6 Å². The lowest BCUT2D eigenvalue weighted by molar-refractivity contribution is -0.131. The Labute approximate surface area is 187 Å². The Kier molecular flexibility index (Phi) is 8.68. The molecular formula is C20H28IN5OS. The minimum atomic E-state index is 0. The fraction of sp³-hybridized carbons (Fsp3) is 0.450. The van der Waals surface area contributed by atoms with Crippen molar-refractivity contribution >= 4 is 47.2 Å². The molecule has 2 aromatic rings. The highest BCUT2D eigenvalue weighted by atomic mass is 127. The smallest absolute Gasteiger partial charge is 0.223 e. The van der Waals surface area contributed by atoms with Crippen molar-refractivity contribution in [2.45, 2.75) is 46.3 Å². The molecule has 1 aliphatic heterocycles. The number of amides is 1. The van der Waals surface area contributed by atoms with Crippen molar-refractivity contribution < 1.29 is 4.79 Å². The maximum atomic E-state index is 12.4. The van der Waals surface area contributed by atoms with Crippen LogP contribution in [0.2, 0.25) is 0 Å². The molecule has 6 nitrogen and oxygen atoms in total. The number of nitrogens with zero attached hydrogens (tertiary/aromatic N) is 3. The van der Waals surface area contributed by atoms with Crippen molar-refractivity contribution in [3.05, 3.63) is 51.0 Å². The van der Waals surface area contributed by atoms with E-state index in [1.54, 1.807) is 18.4 Å². The van der Waals surface area contributed by atoms with Crippen LogP contribution in [0.1, 0.15) is 39.5 Å². The van der Waals surface area contributed by atoms with Gasteiger partial charge in [0.05, 0.1) is 17.2 Å². The van der Waals surface area contributed by atoms with Crippen molar-refractivity contribution in [1.82, 2.24) is 20.5 Å². The van der Waals surface area contributed by atoms with Gasteiger partial charge >= 0.3 is 0 Å². The molecule has 0 atom stereocenters. The number of aromatic nitrogens is 1. The molecule has 1 aliphatic rings. The van der Waals surface area contributed by atoms with E-state index in [2.05, 4.69) is 32.7 Å². The SMILES string of the molecule is CN=C(NCCCC(=O)N1Cc2ccccc2C1)NCc1sc(C)nc1C.I. The zero-order valence-corrected chi connectivity index (χ0v) is 19.8. The van der Waals surface area contributed by atoms with E-state index in [1.165, 1.54) is 16.0 Å². The molecule has 152 valence electrons. The van der Waals surface area contributed by atoms with E-state index in [9.17, 15) is 4.79 Å². The highest BCUT2D eigenvalue weighted by Gasteiger charge is 2.22. The zero-order valence-electron chi connectivity index (χ0n) is 16.6. The van der Waals surface area contributed by atoms with Crippen LogP contribution in [-0.4, -0.2) is 35.3 Å². The van der Waals surface area contributed by atoms with Crippen LogP contribution in [0.4, 0.5) is 0 Å². The predicted octanol–water partition coefficient (Wildman–Crippen LogP) is 3.37. The molecule has 1 aromatic heterocycles. The molecule has 3 rings (SSSR count). The normalized spacial score (nSPS) is 13.1. The van der Waals surface area contributed by atoms with E-state index in [1.807, 2.05) is 30.9 Å². The fourth-order valence-corrected chi connectivity index (χ4v) is 4.11. The summed E-state index contributed by atoms with van der Waals surface area (Å²) in [6, 6.07) is 8.27. The predicted molar refractivity (Wildman–Crippen MR) is 125 cm³/mol. The van der Waals surface area contributed by atoms with Gasteiger partial charge in [0.1, 0.15) is 0 Å². The molecule has 0 saturated heterocycles. The lowest BCUT2D eigenvalue weighted by Crippen LogP contribution is -2.37. The molecule has 8 heteroatoms. The van der Waals surface area contributed by atoms with Gasteiger partial charge in [-0.2, -0.15) is 0 Å². The van der Waals surface area contributed by atoms with Crippen LogP contribution in [0.25, 0.3) is 0 Å². The van der Waals surface area contributed by atoms with Gasteiger partial charge in [0.2, 0.25) is 5.91 Å². The Morgan fingerprint density at radius 2 is 1.89 bits per heavy atom. The van der Waals surface area contributed by atoms with Crippen LogP contribution in [-0.2, 0) is 24.4 Å². The van der Waals surface area contributed by atoms with E-state index in [0.29, 0.717) is 19.5 Å². The quantitative estimate of drug-likeness (QED) is 0.269. The van der Waals surface area contributed by atoms with Gasteiger partial charge in [-0.05, 0) is 31.4 Å². The molecule has 0 unspecified atom stereocenters. The standard InChI is InChI=1S/C20H27N5OS.HI/c1-14-18(27-15(2)24-14)11-23-20(21-3)22-10-6-9-19(26)25-12-16-7-4-5-8-17(16)13-25;/h4-5,7-8H,6,9-13H2,1-3H3,(H2,21,22,23);1H. The highest BCUT2D eigenvalue weighted by molar-refractivity contribution is 14.0. The van der Waals surface area contributed by atoms with Gasteiger partial charge in [0.15, 0.2) is 5.96 Å². The van der Waals surface area contributed by atoms with Crippen molar-refractivity contribution in [3.63, 3.8) is 0 Å². The number of carbonyl (C=O) groups excluding carboxylic acids is 1. The van der Waals surface area contributed by atoms with Gasteiger partial charge < -0.3 is 15.5 Å². The average molecular weight is 513 g/mol. The zero-order chi connectivity index (χ0) is 19.2. The van der Waals surface area contributed by atoms with Crippen molar-refractivity contribution in [2.75, 3.05) is 13.6 Å². The summed E-state index contributed by atoms with van der Waals surface area (Å²) in [5, 5.41) is 7.67. The Bertz CT molecular complexity index is 811. The number of benzene rings is 1. The summed E-state index contributed by atoms with van der Waals surface area (Å²) < 4.78 is 0. The van der Waals surface area contributed by atoms with Gasteiger partial charge in [0, 0.05) is 38.0 Å². The summed E-state index contributed by atoms with van der Waals surface area (Å²) in [6.45, 7) is 6.94. The first-order valence-corrected chi connectivity index (χ1v) is 10.1. The first kappa shape index (κ1) is 22.6. The Balaban J connectivity index is 0.00000280. The van der Waals surface area contributed by atoms with Crippen LogP contribution in [0.3, 0.4) is 0 Å². The van der Waals surface area contributed by atoms with E-state index < -0.39 is 0 Å². The van der Waals surface area contributed by atoms with E-state index in [-0.39, 0.29) is 29.9 Å². The fourth-order valence-electron chi connectivity index (χ4n) is 3.24. The lowest BCUT2D eigenvalue weighted by Gasteiger charge is -2.16. The molecule has 0 saturated carbocycles. The summed E-state index contributed by atoms with van der Waals surface area (Å²) >= 11 is 1.70. The van der Waals surface area contributed by atoms with Crippen LogP contribution < -0.4 is 10.6 Å². The lowest BCUT2D eigenvalue weighted by atomic mass is 10.1. The van der Waals surface area contributed by atoms with Gasteiger partial charge in [0.25, 0.3) is 0 Å².